The van der Waals surface area contributed by atoms with Gasteiger partial charge in [-0.3, -0.25) is 4.79 Å². The van der Waals surface area contributed by atoms with E-state index in [4.69, 9.17) is 0 Å². The van der Waals surface area contributed by atoms with Crippen LogP contribution in [0.4, 0.5) is 0 Å². The highest BCUT2D eigenvalue weighted by Crippen LogP contribution is 2.18. The molecule has 98 valence electrons. The van der Waals surface area contributed by atoms with Crippen molar-refractivity contribution in [3.05, 3.63) is 81.7 Å². The van der Waals surface area contributed by atoms with Crippen LogP contribution in [-0.4, -0.2) is 15.6 Å². The van der Waals surface area contributed by atoms with Gasteiger partial charge in [-0.05, 0) is 52.9 Å². The minimum Gasteiger partial charge on any atom is -0.287 e. The lowest BCUT2D eigenvalue weighted by Crippen LogP contribution is -2.11. The van der Waals surface area contributed by atoms with Crippen molar-refractivity contribution in [2.75, 3.05) is 0 Å². The van der Waals surface area contributed by atoms with E-state index in [1.165, 1.54) is 0 Å². The number of para-hydroxylation sites is 1. The summed E-state index contributed by atoms with van der Waals surface area (Å²) in [6.07, 6.45) is 1.65. The van der Waals surface area contributed by atoms with Crippen molar-refractivity contribution in [1.29, 1.82) is 0 Å². The molecule has 0 N–H and O–H groups in total. The van der Waals surface area contributed by atoms with Gasteiger partial charge in [-0.15, -0.1) is 0 Å². The average Bonchev–Trinajstić information content (AvgIpc) is 2.97. The van der Waals surface area contributed by atoms with Crippen LogP contribution in [0.15, 0.2) is 66.9 Å². The third-order valence-corrected chi connectivity index (χ3v) is 3.94. The number of ketones is 1. The Morgan fingerprint density at radius 1 is 0.950 bits per heavy atom. The molecular formula is C16H11IN2O. The molecule has 0 aliphatic rings. The molecule has 0 fully saturated rings. The van der Waals surface area contributed by atoms with Gasteiger partial charge in [0.25, 0.3) is 0 Å². The first kappa shape index (κ1) is 13.1. The number of hydrogen-bond acceptors (Lipinski definition) is 2. The van der Waals surface area contributed by atoms with Crippen molar-refractivity contribution in [2.45, 2.75) is 0 Å². The molecule has 4 heteroatoms. The molecule has 3 nitrogen and oxygen atoms in total. The molecule has 0 unspecified atom stereocenters. The zero-order chi connectivity index (χ0) is 13.9. The Morgan fingerprint density at radius 2 is 1.65 bits per heavy atom. The zero-order valence-electron chi connectivity index (χ0n) is 10.5. The number of hydrogen-bond donors (Lipinski definition) is 0. The van der Waals surface area contributed by atoms with E-state index in [-0.39, 0.29) is 5.78 Å². The predicted octanol–water partition coefficient (Wildman–Crippen LogP) is 3.71. The van der Waals surface area contributed by atoms with Gasteiger partial charge in [0, 0.05) is 9.13 Å². The normalized spacial score (nSPS) is 10.4. The van der Waals surface area contributed by atoms with Gasteiger partial charge in [-0.2, -0.15) is 5.10 Å². The minimum absolute atomic E-state index is 0.0173. The number of aromatic nitrogens is 2. The average molecular weight is 374 g/mol. The van der Waals surface area contributed by atoms with Crippen LogP contribution in [0.3, 0.4) is 0 Å². The Labute approximate surface area is 130 Å². The number of halogens is 1. The van der Waals surface area contributed by atoms with Crippen LogP contribution in [0.25, 0.3) is 5.69 Å². The number of carbonyl (C=O) groups excluding carboxylic acids is 1. The van der Waals surface area contributed by atoms with Crippen LogP contribution in [0.5, 0.6) is 0 Å². The van der Waals surface area contributed by atoms with Crippen molar-refractivity contribution in [3.63, 3.8) is 0 Å². The molecule has 0 radical (unpaired) electrons. The maximum atomic E-state index is 12.7. The molecule has 0 bridgehead atoms. The van der Waals surface area contributed by atoms with Crippen molar-refractivity contribution < 1.29 is 4.79 Å². The van der Waals surface area contributed by atoms with Crippen molar-refractivity contribution in [1.82, 2.24) is 9.78 Å². The highest BCUT2D eigenvalue weighted by Gasteiger charge is 2.17. The van der Waals surface area contributed by atoms with Crippen LogP contribution >= 0.6 is 22.6 Å². The lowest BCUT2D eigenvalue weighted by atomic mass is 10.1. The maximum Gasteiger partial charge on any atom is 0.212 e. The highest BCUT2D eigenvalue weighted by atomic mass is 127. The quantitative estimate of drug-likeness (QED) is 0.518. The predicted molar refractivity (Wildman–Crippen MR) is 86.2 cm³/mol. The van der Waals surface area contributed by atoms with Gasteiger partial charge in [-0.25, -0.2) is 4.68 Å². The largest absolute Gasteiger partial charge is 0.287 e. The van der Waals surface area contributed by atoms with E-state index in [1.54, 1.807) is 16.9 Å². The number of nitrogens with zero attached hydrogens (tertiary/aromatic N) is 2. The first-order chi connectivity index (χ1) is 9.77. The summed E-state index contributed by atoms with van der Waals surface area (Å²) in [4.78, 5) is 12.7. The van der Waals surface area contributed by atoms with Crippen LogP contribution in [0.1, 0.15) is 16.1 Å². The van der Waals surface area contributed by atoms with E-state index in [9.17, 15) is 4.79 Å². The van der Waals surface area contributed by atoms with Gasteiger partial charge >= 0.3 is 0 Å². The Kier molecular flexibility index (Phi) is 3.64. The van der Waals surface area contributed by atoms with E-state index in [0.29, 0.717) is 11.3 Å². The number of carbonyl (C=O) groups is 1. The summed E-state index contributed by atoms with van der Waals surface area (Å²) in [6, 6.07) is 19.0. The third-order valence-electron chi connectivity index (χ3n) is 2.99. The molecule has 3 rings (SSSR count). The van der Waals surface area contributed by atoms with Crippen molar-refractivity contribution >= 4 is 28.4 Å². The summed E-state index contributed by atoms with van der Waals surface area (Å²) in [6.45, 7) is 0. The highest BCUT2D eigenvalue weighted by molar-refractivity contribution is 14.1. The van der Waals surface area contributed by atoms with Gasteiger partial charge in [-0.1, -0.05) is 30.3 Å². The second kappa shape index (κ2) is 5.58. The van der Waals surface area contributed by atoms with E-state index >= 15 is 0 Å². The fourth-order valence-electron chi connectivity index (χ4n) is 2.03. The third kappa shape index (κ3) is 2.38. The van der Waals surface area contributed by atoms with E-state index in [1.807, 2.05) is 54.6 Å². The smallest absolute Gasteiger partial charge is 0.212 e. The van der Waals surface area contributed by atoms with Gasteiger partial charge in [0.1, 0.15) is 5.69 Å². The molecule has 0 aliphatic heterocycles. The number of benzene rings is 2. The molecule has 1 aromatic heterocycles. The van der Waals surface area contributed by atoms with Crippen LogP contribution in [-0.2, 0) is 0 Å². The molecule has 3 aromatic rings. The fraction of sp³-hybridized carbons (Fsp3) is 0. The topological polar surface area (TPSA) is 34.9 Å². The Morgan fingerprint density at radius 3 is 2.40 bits per heavy atom. The lowest BCUT2D eigenvalue weighted by molar-refractivity contribution is 0.103. The maximum absolute atomic E-state index is 12.7. The SMILES string of the molecule is O=C(c1ccccc1I)c1ccnn1-c1ccccc1. The van der Waals surface area contributed by atoms with Crippen LogP contribution in [0.2, 0.25) is 0 Å². The van der Waals surface area contributed by atoms with E-state index in [2.05, 4.69) is 27.7 Å². The van der Waals surface area contributed by atoms with E-state index < -0.39 is 0 Å². The lowest BCUT2D eigenvalue weighted by Gasteiger charge is -2.07. The second-order valence-corrected chi connectivity index (χ2v) is 5.43. The van der Waals surface area contributed by atoms with Gasteiger partial charge < -0.3 is 0 Å². The molecule has 20 heavy (non-hydrogen) atoms. The summed E-state index contributed by atoms with van der Waals surface area (Å²) < 4.78 is 2.61. The number of rotatable bonds is 3. The summed E-state index contributed by atoms with van der Waals surface area (Å²) in [7, 11) is 0. The minimum atomic E-state index is -0.0173. The molecule has 0 amide bonds. The van der Waals surface area contributed by atoms with Crippen molar-refractivity contribution in [3.8, 4) is 5.69 Å². The summed E-state index contributed by atoms with van der Waals surface area (Å²) in [5, 5.41) is 4.26. The first-order valence-corrected chi connectivity index (χ1v) is 7.24. The van der Waals surface area contributed by atoms with Gasteiger partial charge in [0.2, 0.25) is 5.78 Å². The molecular weight excluding hydrogens is 363 g/mol. The van der Waals surface area contributed by atoms with Crippen LogP contribution in [0, 0.1) is 3.57 Å². The summed E-state index contributed by atoms with van der Waals surface area (Å²) >= 11 is 2.18. The molecule has 0 saturated heterocycles. The monoisotopic (exact) mass is 374 g/mol. The van der Waals surface area contributed by atoms with Crippen LogP contribution < -0.4 is 0 Å². The Bertz CT molecular complexity index is 750. The Hall–Kier alpha value is -1.95. The molecule has 0 atom stereocenters. The Balaban J connectivity index is 2.07. The molecule has 0 saturated carbocycles. The molecule has 0 aliphatic carbocycles. The van der Waals surface area contributed by atoms with Gasteiger partial charge in [0.05, 0.1) is 11.9 Å². The first-order valence-electron chi connectivity index (χ1n) is 6.16. The van der Waals surface area contributed by atoms with E-state index in [0.717, 1.165) is 9.26 Å². The molecule has 2 aromatic carbocycles. The zero-order valence-corrected chi connectivity index (χ0v) is 12.7. The standard InChI is InChI=1S/C16H11IN2O/c17-14-9-5-4-8-13(14)16(20)15-10-11-18-19(15)12-6-2-1-3-7-12/h1-11H. The van der Waals surface area contributed by atoms with Gasteiger partial charge in [0.15, 0.2) is 0 Å². The fourth-order valence-corrected chi connectivity index (χ4v) is 2.67. The molecule has 0 spiro atoms. The molecule has 1 heterocycles. The van der Waals surface area contributed by atoms with Crippen molar-refractivity contribution in [2.24, 2.45) is 0 Å². The summed E-state index contributed by atoms with van der Waals surface area (Å²) in [5.74, 6) is -0.0173. The second-order valence-electron chi connectivity index (χ2n) is 4.27. The summed E-state index contributed by atoms with van der Waals surface area (Å²) in [5.41, 5.74) is 2.15.